The molecule has 4 aliphatic heterocycles. The topological polar surface area (TPSA) is 119 Å². The van der Waals surface area contributed by atoms with Crippen molar-refractivity contribution in [1.82, 2.24) is 24.3 Å². The molecule has 0 radical (unpaired) electrons. The van der Waals surface area contributed by atoms with Gasteiger partial charge >= 0.3 is 0 Å². The first-order chi connectivity index (χ1) is 23.4. The minimum atomic E-state index is -0.302. The number of allylic oxidation sites excluding steroid dienone is 2. The molecule has 3 aromatic heterocycles. The van der Waals surface area contributed by atoms with E-state index in [1.54, 1.807) is 36.6 Å². The monoisotopic (exact) mass is 652 g/mol. The van der Waals surface area contributed by atoms with Crippen molar-refractivity contribution in [3.05, 3.63) is 82.8 Å². The predicted molar refractivity (Wildman–Crippen MR) is 186 cm³/mol. The third-order valence-electron chi connectivity index (χ3n) is 9.97. The van der Waals surface area contributed by atoms with Gasteiger partial charge in [0.2, 0.25) is 0 Å². The lowest BCUT2D eigenvalue weighted by Crippen LogP contribution is -2.56. The molecule has 2 N–H and O–H groups in total. The van der Waals surface area contributed by atoms with Gasteiger partial charge < -0.3 is 34.4 Å². The Morgan fingerprint density at radius 2 is 1.79 bits per heavy atom. The molecule has 4 aliphatic rings. The first-order valence-electron chi connectivity index (χ1n) is 16.9. The molecular weight excluding hydrogens is 608 g/mol. The predicted octanol–water partition coefficient (Wildman–Crippen LogP) is 3.26. The van der Waals surface area contributed by atoms with Crippen molar-refractivity contribution >= 4 is 28.8 Å². The lowest BCUT2D eigenvalue weighted by molar-refractivity contribution is -0.117. The van der Waals surface area contributed by atoms with Gasteiger partial charge in [0, 0.05) is 81.9 Å². The molecule has 3 saturated heterocycles. The summed E-state index contributed by atoms with van der Waals surface area (Å²) in [4.78, 5) is 45.0. The summed E-state index contributed by atoms with van der Waals surface area (Å²) in [6.07, 6.45) is 12.9. The molecular formula is C36H44N8O4. The molecule has 252 valence electrons. The highest BCUT2D eigenvalue weighted by Crippen LogP contribution is 2.34. The number of nitrogens with zero attached hydrogens (tertiary/aromatic N) is 7. The van der Waals surface area contributed by atoms with Gasteiger partial charge in [0.1, 0.15) is 17.2 Å². The van der Waals surface area contributed by atoms with Gasteiger partial charge in [0.05, 0.1) is 49.6 Å². The van der Waals surface area contributed by atoms with Crippen LogP contribution in [0.25, 0.3) is 11.1 Å². The van der Waals surface area contributed by atoms with Crippen molar-refractivity contribution in [1.29, 1.82) is 0 Å². The third-order valence-corrected chi connectivity index (χ3v) is 9.97. The van der Waals surface area contributed by atoms with E-state index in [1.807, 2.05) is 24.4 Å². The van der Waals surface area contributed by atoms with E-state index < -0.39 is 0 Å². The SMILES string of the molecule is C=C1/C=C2/C(=O)N(c3cncc(-c4cc(Nc5ccc(N6CCN(C7COC7)CC6)cn5)c(=O)n(C)c4)c3CO)CCN2CCCCC1. The minimum absolute atomic E-state index is 0.120. The summed E-state index contributed by atoms with van der Waals surface area (Å²) in [5, 5.41) is 13.9. The number of pyridine rings is 3. The Balaban J connectivity index is 1.12. The molecule has 7 rings (SSSR count). The maximum Gasteiger partial charge on any atom is 0.274 e. The second-order valence-electron chi connectivity index (χ2n) is 13.1. The highest BCUT2D eigenvalue weighted by atomic mass is 16.5. The molecule has 0 aromatic carbocycles. The van der Waals surface area contributed by atoms with Crippen molar-refractivity contribution in [2.24, 2.45) is 7.05 Å². The van der Waals surface area contributed by atoms with Crippen LogP contribution in [-0.2, 0) is 23.2 Å². The van der Waals surface area contributed by atoms with Gasteiger partial charge in [-0.15, -0.1) is 0 Å². The Labute approximate surface area is 280 Å². The Hall–Kier alpha value is -4.52. The summed E-state index contributed by atoms with van der Waals surface area (Å²) in [5.41, 5.74) is 5.24. The Morgan fingerprint density at radius 1 is 0.979 bits per heavy atom. The van der Waals surface area contributed by atoms with Crippen LogP contribution in [0.3, 0.4) is 0 Å². The average molecular weight is 653 g/mol. The first kappa shape index (κ1) is 32.0. The zero-order chi connectivity index (χ0) is 33.2. The van der Waals surface area contributed by atoms with Crippen LogP contribution < -0.4 is 20.7 Å². The maximum atomic E-state index is 13.9. The van der Waals surface area contributed by atoms with Gasteiger partial charge in [0.15, 0.2) is 0 Å². The fourth-order valence-corrected chi connectivity index (χ4v) is 7.07. The smallest absolute Gasteiger partial charge is 0.274 e. The molecule has 7 heterocycles. The number of amides is 1. The van der Waals surface area contributed by atoms with Gasteiger partial charge in [-0.25, -0.2) is 4.98 Å². The van der Waals surface area contributed by atoms with Crippen LogP contribution in [0.15, 0.2) is 71.7 Å². The van der Waals surface area contributed by atoms with E-state index in [1.165, 1.54) is 4.57 Å². The zero-order valence-electron chi connectivity index (χ0n) is 27.6. The molecule has 3 fully saturated rings. The van der Waals surface area contributed by atoms with Gasteiger partial charge in [0.25, 0.3) is 11.5 Å². The van der Waals surface area contributed by atoms with E-state index in [4.69, 9.17) is 4.74 Å². The van der Waals surface area contributed by atoms with Crippen LogP contribution in [-0.4, -0.2) is 100 Å². The van der Waals surface area contributed by atoms with Crippen molar-refractivity contribution in [2.45, 2.75) is 38.3 Å². The van der Waals surface area contributed by atoms with Gasteiger partial charge in [-0.05, 0) is 43.5 Å². The van der Waals surface area contributed by atoms with E-state index in [2.05, 4.69) is 36.6 Å². The molecule has 1 amide bonds. The van der Waals surface area contributed by atoms with Crippen molar-refractivity contribution in [3.63, 3.8) is 0 Å². The highest BCUT2D eigenvalue weighted by Gasteiger charge is 2.32. The largest absolute Gasteiger partial charge is 0.392 e. The Kier molecular flexibility index (Phi) is 9.29. The molecule has 0 aliphatic carbocycles. The van der Waals surface area contributed by atoms with Crippen molar-refractivity contribution < 1.29 is 14.6 Å². The molecule has 0 unspecified atom stereocenters. The van der Waals surface area contributed by atoms with Crippen LogP contribution >= 0.6 is 0 Å². The van der Waals surface area contributed by atoms with E-state index in [9.17, 15) is 14.7 Å². The number of aromatic nitrogens is 3. The lowest BCUT2D eigenvalue weighted by atomic mass is 10.0. The lowest BCUT2D eigenvalue weighted by Gasteiger charge is -2.43. The molecule has 48 heavy (non-hydrogen) atoms. The minimum Gasteiger partial charge on any atom is -0.392 e. The van der Waals surface area contributed by atoms with Gasteiger partial charge in [-0.3, -0.25) is 19.5 Å². The number of nitrogens with one attached hydrogen (secondary N) is 1. The number of carbonyl (C=O) groups excluding carboxylic acids is 1. The summed E-state index contributed by atoms with van der Waals surface area (Å²) in [7, 11) is 1.69. The number of anilines is 4. The number of fused-ring (bicyclic) bond motifs is 1. The van der Waals surface area contributed by atoms with E-state index in [-0.39, 0.29) is 18.1 Å². The van der Waals surface area contributed by atoms with Crippen LogP contribution in [0.2, 0.25) is 0 Å². The second kappa shape index (κ2) is 13.9. The molecule has 12 nitrogen and oxygen atoms in total. The second-order valence-corrected chi connectivity index (χ2v) is 13.1. The summed E-state index contributed by atoms with van der Waals surface area (Å²) in [6.45, 7) is 11.4. The average Bonchev–Trinajstić information content (AvgIpc) is 3.17. The summed E-state index contributed by atoms with van der Waals surface area (Å²) in [6, 6.07) is 6.23. The number of carbonyl (C=O) groups is 1. The highest BCUT2D eigenvalue weighted by molar-refractivity contribution is 6.07. The van der Waals surface area contributed by atoms with E-state index in [0.29, 0.717) is 58.7 Å². The molecule has 0 saturated carbocycles. The quantitative estimate of drug-likeness (QED) is 0.394. The first-order valence-corrected chi connectivity index (χ1v) is 16.9. The van der Waals surface area contributed by atoms with Crippen LogP contribution in [0.1, 0.15) is 31.2 Å². The maximum absolute atomic E-state index is 13.9. The normalized spacial score (nSPS) is 20.7. The number of hydrogen-bond donors (Lipinski definition) is 2. The fraction of sp³-hybridized carbons (Fsp3) is 0.444. The third kappa shape index (κ3) is 6.47. The number of aliphatic hydroxyl groups is 1. The van der Waals surface area contributed by atoms with Gasteiger partial charge in [-0.2, -0.15) is 0 Å². The summed E-state index contributed by atoms with van der Waals surface area (Å²) >= 11 is 0. The van der Waals surface area contributed by atoms with Crippen LogP contribution in [0, 0.1) is 0 Å². The molecule has 12 heteroatoms. The Morgan fingerprint density at radius 3 is 2.52 bits per heavy atom. The number of ether oxygens (including phenoxy) is 1. The van der Waals surface area contributed by atoms with Crippen molar-refractivity contribution in [3.8, 4) is 11.1 Å². The molecule has 0 bridgehead atoms. The number of aliphatic hydroxyl groups excluding tert-OH is 1. The molecule has 3 aromatic rings. The molecule has 0 spiro atoms. The number of piperazine rings is 2. The fourth-order valence-electron chi connectivity index (χ4n) is 7.07. The van der Waals surface area contributed by atoms with Crippen molar-refractivity contribution in [2.75, 3.05) is 74.1 Å². The van der Waals surface area contributed by atoms with Crippen LogP contribution in [0.4, 0.5) is 22.9 Å². The Bertz CT molecular complexity index is 1760. The van der Waals surface area contributed by atoms with Gasteiger partial charge in [-0.1, -0.05) is 18.6 Å². The number of aryl methyl sites for hydroxylation is 1. The van der Waals surface area contributed by atoms with E-state index in [0.717, 1.165) is 82.9 Å². The molecule has 0 atom stereocenters. The zero-order valence-corrected chi connectivity index (χ0v) is 27.6. The standard InChI is InChI=1S/C36H44N8O4/c1-25-6-4-3-5-9-43-14-15-44(36(47)32(43)16-25)33-20-37-19-29(30(33)22-45)26-17-31(35(46)40(2)21-26)39-34-8-7-27(18-38-34)41-10-12-42(13-11-41)28-23-48-24-28/h7-8,16-21,28,45H,1,3-6,9-15,22-24H2,2H3,(H,38,39)/b32-16-. The number of hydrogen-bond acceptors (Lipinski definition) is 10. The summed E-state index contributed by atoms with van der Waals surface area (Å²) in [5.74, 6) is 0.436. The number of rotatable bonds is 7. The van der Waals surface area contributed by atoms with Crippen LogP contribution in [0.5, 0.6) is 0 Å². The van der Waals surface area contributed by atoms with E-state index >= 15 is 0 Å². The summed E-state index contributed by atoms with van der Waals surface area (Å²) < 4.78 is 6.86.